The third-order valence-electron chi connectivity index (χ3n) is 5.46. The van der Waals surface area contributed by atoms with Crippen molar-refractivity contribution in [2.75, 3.05) is 25.1 Å². The van der Waals surface area contributed by atoms with Gasteiger partial charge in [0.15, 0.2) is 0 Å². The molecule has 3 aromatic rings. The van der Waals surface area contributed by atoms with Crippen molar-refractivity contribution in [2.24, 2.45) is 0 Å². The Bertz CT molecular complexity index is 1090. The molecule has 2 aromatic carbocycles. The van der Waals surface area contributed by atoms with Crippen molar-refractivity contribution >= 4 is 45.8 Å². The van der Waals surface area contributed by atoms with E-state index in [1.165, 1.54) is 11.5 Å². The summed E-state index contributed by atoms with van der Waals surface area (Å²) in [5.41, 5.74) is 2.05. The van der Waals surface area contributed by atoms with Crippen molar-refractivity contribution in [1.29, 1.82) is 0 Å². The molecule has 0 aliphatic carbocycles. The zero-order chi connectivity index (χ0) is 22.5. The first-order chi connectivity index (χ1) is 15.5. The molecule has 0 radical (unpaired) electrons. The molecule has 1 saturated heterocycles. The predicted molar refractivity (Wildman–Crippen MR) is 129 cm³/mol. The summed E-state index contributed by atoms with van der Waals surface area (Å²) in [6.07, 6.45) is 3.03. The Kier molecular flexibility index (Phi) is 7.50. The van der Waals surface area contributed by atoms with Gasteiger partial charge in [-0.2, -0.15) is 4.37 Å². The average Bonchev–Trinajstić information content (AvgIpc) is 3.45. The number of anilines is 1. The van der Waals surface area contributed by atoms with E-state index < -0.39 is 0 Å². The second-order valence-corrected chi connectivity index (χ2v) is 9.22. The maximum Gasteiger partial charge on any atom is 0.242 e. The molecule has 0 bridgehead atoms. The molecular weight excluding hydrogens is 467 g/mol. The molecule has 6 nitrogen and oxygen atoms in total. The highest BCUT2D eigenvalue weighted by Gasteiger charge is 2.32. The van der Waals surface area contributed by atoms with Crippen LogP contribution >= 0.6 is 34.7 Å². The maximum atomic E-state index is 12.9. The van der Waals surface area contributed by atoms with E-state index in [0.717, 1.165) is 47.2 Å². The summed E-state index contributed by atoms with van der Waals surface area (Å²) in [7, 11) is 1.65. The third-order valence-corrected chi connectivity index (χ3v) is 6.84. The molecule has 1 amide bonds. The number of carbonyl (C=O) groups excluding carboxylic acids is 1. The van der Waals surface area contributed by atoms with Crippen LogP contribution in [0.5, 0.6) is 5.75 Å². The molecule has 9 heteroatoms. The summed E-state index contributed by atoms with van der Waals surface area (Å²) in [5, 5.41) is 5.06. The number of carbonyl (C=O) groups is 1. The van der Waals surface area contributed by atoms with Gasteiger partial charge in [0.1, 0.15) is 17.6 Å². The summed E-state index contributed by atoms with van der Waals surface area (Å²) in [6, 6.07) is 13.1. The smallest absolute Gasteiger partial charge is 0.242 e. The van der Waals surface area contributed by atoms with Crippen LogP contribution in [0.15, 0.2) is 42.5 Å². The monoisotopic (exact) mass is 490 g/mol. The molecule has 1 unspecified atom stereocenters. The summed E-state index contributed by atoms with van der Waals surface area (Å²) < 4.78 is 9.80. The van der Waals surface area contributed by atoms with E-state index in [0.29, 0.717) is 29.4 Å². The van der Waals surface area contributed by atoms with Crippen LogP contribution in [0.2, 0.25) is 10.0 Å². The Labute approximate surface area is 201 Å². The zero-order valence-corrected chi connectivity index (χ0v) is 20.0. The predicted octanol–water partition coefficient (Wildman–Crippen LogP) is 4.77. The molecule has 1 N–H and O–H groups in total. The van der Waals surface area contributed by atoms with E-state index >= 15 is 0 Å². The lowest BCUT2D eigenvalue weighted by molar-refractivity contribution is -0.122. The van der Waals surface area contributed by atoms with E-state index in [1.807, 2.05) is 36.4 Å². The van der Waals surface area contributed by atoms with Crippen LogP contribution in [0.4, 0.5) is 5.13 Å². The molecule has 1 aliphatic heterocycles. The minimum atomic E-state index is -0.228. The van der Waals surface area contributed by atoms with Crippen molar-refractivity contribution in [3.05, 3.63) is 69.5 Å². The summed E-state index contributed by atoms with van der Waals surface area (Å²) in [5.74, 6) is 1.58. The fourth-order valence-corrected chi connectivity index (χ4v) is 5.09. The number of aromatic nitrogens is 2. The number of amides is 1. The van der Waals surface area contributed by atoms with E-state index in [4.69, 9.17) is 32.9 Å². The van der Waals surface area contributed by atoms with Crippen molar-refractivity contribution in [3.8, 4) is 5.75 Å². The Balaban J connectivity index is 1.35. The highest BCUT2D eigenvalue weighted by atomic mass is 35.5. The summed E-state index contributed by atoms with van der Waals surface area (Å²) in [6.45, 7) is 1.32. The lowest BCUT2D eigenvalue weighted by Gasteiger charge is -2.22. The number of ether oxygens (including phenoxy) is 1. The van der Waals surface area contributed by atoms with E-state index in [2.05, 4.69) is 14.6 Å². The molecule has 1 aromatic heterocycles. The highest BCUT2D eigenvalue weighted by Crippen LogP contribution is 2.28. The first-order valence-corrected chi connectivity index (χ1v) is 12.0. The van der Waals surface area contributed by atoms with Crippen LogP contribution in [0, 0.1) is 0 Å². The molecule has 0 saturated carbocycles. The van der Waals surface area contributed by atoms with Crippen LogP contribution in [0.25, 0.3) is 0 Å². The van der Waals surface area contributed by atoms with Gasteiger partial charge in [-0.15, -0.1) is 0 Å². The van der Waals surface area contributed by atoms with Gasteiger partial charge in [-0.25, -0.2) is 4.98 Å². The van der Waals surface area contributed by atoms with Gasteiger partial charge in [-0.3, -0.25) is 4.79 Å². The molecule has 1 atom stereocenters. The minimum Gasteiger partial charge on any atom is -0.497 e. The summed E-state index contributed by atoms with van der Waals surface area (Å²) in [4.78, 5) is 19.6. The molecule has 168 valence electrons. The Morgan fingerprint density at radius 3 is 2.97 bits per heavy atom. The second kappa shape index (κ2) is 10.5. The van der Waals surface area contributed by atoms with Gasteiger partial charge in [-0.1, -0.05) is 41.4 Å². The molecule has 32 heavy (non-hydrogen) atoms. The first-order valence-electron chi connectivity index (χ1n) is 10.5. The number of nitrogens with zero attached hydrogens (tertiary/aromatic N) is 3. The molecular formula is C23H24Cl2N4O2S. The lowest BCUT2D eigenvalue weighted by atomic mass is 10.1. The first kappa shape index (κ1) is 22.8. The molecule has 4 rings (SSSR count). The summed E-state index contributed by atoms with van der Waals surface area (Å²) >= 11 is 13.5. The number of halogens is 2. The van der Waals surface area contributed by atoms with Crippen LogP contribution in [-0.2, 0) is 17.6 Å². The number of nitrogens with one attached hydrogen (secondary N) is 1. The fourth-order valence-electron chi connectivity index (χ4n) is 3.83. The van der Waals surface area contributed by atoms with Gasteiger partial charge in [0, 0.05) is 41.1 Å². The van der Waals surface area contributed by atoms with Gasteiger partial charge in [0.25, 0.3) is 0 Å². The van der Waals surface area contributed by atoms with Gasteiger partial charge in [0.05, 0.1) is 7.11 Å². The number of benzene rings is 2. The standard InChI is InChI=1S/C23H24Cl2N4O2S/c1-31-18-5-2-4-15(12-18)13-21-27-23(32-28-21)29-11-3-6-20(29)22(30)26-10-9-16-7-8-17(24)14-19(16)25/h2,4-5,7-8,12,14,20H,3,6,9-11,13H2,1H3,(H,26,30). The number of rotatable bonds is 8. The molecule has 2 heterocycles. The zero-order valence-electron chi connectivity index (χ0n) is 17.7. The largest absolute Gasteiger partial charge is 0.497 e. The van der Waals surface area contributed by atoms with Crippen LogP contribution in [0.3, 0.4) is 0 Å². The SMILES string of the molecule is COc1cccc(Cc2nsc(N3CCCC3C(=O)NCCc3ccc(Cl)cc3Cl)n2)c1. The molecule has 0 spiro atoms. The fraction of sp³-hybridized carbons (Fsp3) is 0.348. The van der Waals surface area contributed by atoms with E-state index in [1.54, 1.807) is 13.2 Å². The van der Waals surface area contributed by atoms with Crippen LogP contribution in [0.1, 0.15) is 29.8 Å². The van der Waals surface area contributed by atoms with Gasteiger partial charge in [0.2, 0.25) is 11.0 Å². The van der Waals surface area contributed by atoms with Crippen molar-refractivity contribution in [2.45, 2.75) is 31.7 Å². The van der Waals surface area contributed by atoms with Crippen molar-refractivity contribution in [3.63, 3.8) is 0 Å². The third kappa shape index (κ3) is 5.52. The Morgan fingerprint density at radius 1 is 1.28 bits per heavy atom. The number of hydrogen-bond donors (Lipinski definition) is 1. The highest BCUT2D eigenvalue weighted by molar-refractivity contribution is 7.09. The van der Waals surface area contributed by atoms with Crippen LogP contribution < -0.4 is 15.0 Å². The normalized spacial score (nSPS) is 15.7. The minimum absolute atomic E-state index is 0.0112. The van der Waals surface area contributed by atoms with Crippen molar-refractivity contribution in [1.82, 2.24) is 14.7 Å². The van der Waals surface area contributed by atoms with Crippen molar-refractivity contribution < 1.29 is 9.53 Å². The molecule has 1 fully saturated rings. The Morgan fingerprint density at radius 2 is 2.16 bits per heavy atom. The number of methoxy groups -OCH3 is 1. The average molecular weight is 491 g/mol. The second-order valence-electron chi connectivity index (χ2n) is 7.65. The van der Waals surface area contributed by atoms with Crippen LogP contribution in [-0.4, -0.2) is 41.5 Å². The quantitative estimate of drug-likeness (QED) is 0.492. The Hall–Kier alpha value is -2.35. The maximum absolute atomic E-state index is 12.9. The lowest BCUT2D eigenvalue weighted by Crippen LogP contribution is -2.44. The van der Waals surface area contributed by atoms with Gasteiger partial charge < -0.3 is 15.0 Å². The van der Waals surface area contributed by atoms with E-state index in [9.17, 15) is 4.79 Å². The van der Waals surface area contributed by atoms with Gasteiger partial charge in [-0.05, 0) is 54.7 Å². The number of hydrogen-bond acceptors (Lipinski definition) is 6. The van der Waals surface area contributed by atoms with E-state index in [-0.39, 0.29) is 11.9 Å². The topological polar surface area (TPSA) is 67.3 Å². The van der Waals surface area contributed by atoms with Gasteiger partial charge >= 0.3 is 0 Å². The molecule has 1 aliphatic rings.